The van der Waals surface area contributed by atoms with Gasteiger partial charge in [-0.3, -0.25) is 9.78 Å². The van der Waals surface area contributed by atoms with Gasteiger partial charge < -0.3 is 0 Å². The molecule has 0 fully saturated rings. The predicted octanol–water partition coefficient (Wildman–Crippen LogP) is 1.98. The molecule has 1 aromatic carbocycles. The Morgan fingerprint density at radius 2 is 2.00 bits per heavy atom. The number of hydrazone groups is 1. The van der Waals surface area contributed by atoms with Crippen molar-refractivity contribution < 1.29 is 9.18 Å². The van der Waals surface area contributed by atoms with E-state index in [1.165, 1.54) is 30.5 Å². The summed E-state index contributed by atoms with van der Waals surface area (Å²) in [6, 6.07) is 10.6. The van der Waals surface area contributed by atoms with Gasteiger partial charge >= 0.3 is 0 Å². The molecule has 0 aliphatic rings. The zero-order chi connectivity index (χ0) is 12.8. The van der Waals surface area contributed by atoms with Crippen molar-refractivity contribution in [2.45, 2.75) is 0 Å². The Morgan fingerprint density at radius 3 is 2.67 bits per heavy atom. The molecule has 0 atom stereocenters. The van der Waals surface area contributed by atoms with E-state index in [-0.39, 0.29) is 5.82 Å². The number of nitrogens with zero attached hydrogens (tertiary/aromatic N) is 2. The largest absolute Gasteiger partial charge is 0.271 e. The van der Waals surface area contributed by atoms with E-state index in [1.54, 1.807) is 18.3 Å². The Balaban J connectivity index is 1.96. The normalized spacial score (nSPS) is 10.5. The number of benzene rings is 1. The molecule has 0 aliphatic carbocycles. The van der Waals surface area contributed by atoms with E-state index in [0.717, 1.165) is 0 Å². The highest BCUT2D eigenvalue weighted by Crippen LogP contribution is 2.02. The van der Waals surface area contributed by atoms with Crippen molar-refractivity contribution in [2.24, 2.45) is 5.10 Å². The minimum atomic E-state index is -0.401. The Morgan fingerprint density at radius 1 is 1.22 bits per heavy atom. The van der Waals surface area contributed by atoms with Gasteiger partial charge in [0.1, 0.15) is 5.82 Å². The van der Waals surface area contributed by atoms with Crippen molar-refractivity contribution in [3.63, 3.8) is 0 Å². The second-order valence-electron chi connectivity index (χ2n) is 3.46. The monoisotopic (exact) mass is 243 g/mol. The SMILES string of the molecule is O=C(N/N=C\c1ccccn1)c1ccc(F)cc1. The van der Waals surface area contributed by atoms with Gasteiger partial charge in [0.05, 0.1) is 11.9 Å². The average Bonchev–Trinajstić information content (AvgIpc) is 2.40. The number of carbonyl (C=O) groups is 1. The van der Waals surface area contributed by atoms with Crippen LogP contribution in [0.5, 0.6) is 0 Å². The molecule has 18 heavy (non-hydrogen) atoms. The maximum Gasteiger partial charge on any atom is 0.271 e. The van der Waals surface area contributed by atoms with Gasteiger partial charge in [-0.05, 0) is 36.4 Å². The number of amides is 1. The Bertz CT molecular complexity index is 552. The van der Waals surface area contributed by atoms with E-state index in [9.17, 15) is 9.18 Å². The van der Waals surface area contributed by atoms with Crippen LogP contribution in [0.4, 0.5) is 4.39 Å². The van der Waals surface area contributed by atoms with Crippen LogP contribution in [0.2, 0.25) is 0 Å². The van der Waals surface area contributed by atoms with Gasteiger partial charge in [-0.2, -0.15) is 5.10 Å². The third-order valence-corrected chi connectivity index (χ3v) is 2.16. The molecule has 0 saturated carbocycles. The van der Waals surface area contributed by atoms with Crippen LogP contribution in [0.1, 0.15) is 16.1 Å². The van der Waals surface area contributed by atoms with E-state index in [1.807, 2.05) is 6.07 Å². The molecule has 1 amide bonds. The number of carbonyl (C=O) groups excluding carboxylic acids is 1. The zero-order valence-electron chi connectivity index (χ0n) is 9.38. The van der Waals surface area contributed by atoms with E-state index < -0.39 is 5.91 Å². The molecule has 1 N–H and O–H groups in total. The van der Waals surface area contributed by atoms with Gasteiger partial charge in [0.15, 0.2) is 0 Å². The maximum absolute atomic E-state index is 12.7. The van der Waals surface area contributed by atoms with Crippen LogP contribution in [-0.4, -0.2) is 17.1 Å². The number of aromatic nitrogens is 1. The van der Waals surface area contributed by atoms with Crippen molar-refractivity contribution >= 4 is 12.1 Å². The Labute approximate surface area is 103 Å². The zero-order valence-corrected chi connectivity index (χ0v) is 9.38. The molecule has 5 heteroatoms. The van der Waals surface area contributed by atoms with Crippen molar-refractivity contribution in [2.75, 3.05) is 0 Å². The van der Waals surface area contributed by atoms with Crippen LogP contribution in [-0.2, 0) is 0 Å². The second kappa shape index (κ2) is 5.67. The first-order chi connectivity index (χ1) is 8.75. The third-order valence-electron chi connectivity index (χ3n) is 2.16. The molecule has 90 valence electrons. The first-order valence-electron chi connectivity index (χ1n) is 5.26. The summed E-state index contributed by atoms with van der Waals surface area (Å²) in [6.07, 6.45) is 3.06. The molecular weight excluding hydrogens is 233 g/mol. The number of pyridine rings is 1. The average molecular weight is 243 g/mol. The van der Waals surface area contributed by atoms with Crippen molar-refractivity contribution in [1.29, 1.82) is 0 Å². The molecule has 1 heterocycles. The van der Waals surface area contributed by atoms with Crippen LogP contribution in [0.3, 0.4) is 0 Å². The molecule has 0 unspecified atom stereocenters. The van der Waals surface area contributed by atoms with Gasteiger partial charge in [-0.25, -0.2) is 9.82 Å². The molecule has 0 radical (unpaired) electrons. The fourth-order valence-corrected chi connectivity index (χ4v) is 1.28. The summed E-state index contributed by atoms with van der Waals surface area (Å²) in [5.41, 5.74) is 3.31. The van der Waals surface area contributed by atoms with Gasteiger partial charge in [0.25, 0.3) is 5.91 Å². The first-order valence-corrected chi connectivity index (χ1v) is 5.26. The minimum Gasteiger partial charge on any atom is -0.267 e. The lowest BCUT2D eigenvalue weighted by molar-refractivity contribution is 0.0955. The lowest BCUT2D eigenvalue weighted by atomic mass is 10.2. The molecule has 0 bridgehead atoms. The van der Waals surface area contributed by atoms with Gasteiger partial charge in [0.2, 0.25) is 0 Å². The second-order valence-corrected chi connectivity index (χ2v) is 3.46. The van der Waals surface area contributed by atoms with E-state index in [4.69, 9.17) is 0 Å². The van der Waals surface area contributed by atoms with Crippen LogP contribution in [0.15, 0.2) is 53.8 Å². The quantitative estimate of drug-likeness (QED) is 0.662. The summed E-state index contributed by atoms with van der Waals surface area (Å²) in [6.45, 7) is 0. The highest BCUT2D eigenvalue weighted by atomic mass is 19.1. The summed E-state index contributed by atoms with van der Waals surface area (Å²) < 4.78 is 12.7. The number of nitrogens with one attached hydrogen (secondary N) is 1. The Hall–Kier alpha value is -2.56. The summed E-state index contributed by atoms with van der Waals surface area (Å²) >= 11 is 0. The van der Waals surface area contributed by atoms with Crippen molar-refractivity contribution in [1.82, 2.24) is 10.4 Å². The standard InChI is InChI=1S/C13H10FN3O/c14-11-6-4-10(5-7-11)13(18)17-16-9-12-3-1-2-8-15-12/h1-9H,(H,17,18)/b16-9-. The molecular formula is C13H10FN3O. The molecule has 0 aliphatic heterocycles. The topological polar surface area (TPSA) is 54.4 Å². The highest BCUT2D eigenvalue weighted by Gasteiger charge is 2.03. The smallest absolute Gasteiger partial charge is 0.267 e. The summed E-state index contributed by atoms with van der Waals surface area (Å²) in [5, 5.41) is 3.76. The van der Waals surface area contributed by atoms with Crippen LogP contribution >= 0.6 is 0 Å². The van der Waals surface area contributed by atoms with Gasteiger partial charge in [-0.1, -0.05) is 6.07 Å². The fourth-order valence-electron chi connectivity index (χ4n) is 1.28. The van der Waals surface area contributed by atoms with E-state index >= 15 is 0 Å². The molecule has 1 aromatic heterocycles. The summed E-state index contributed by atoms with van der Waals surface area (Å²) in [5.74, 6) is -0.786. The number of rotatable bonds is 3. The maximum atomic E-state index is 12.7. The van der Waals surface area contributed by atoms with E-state index in [2.05, 4.69) is 15.5 Å². The van der Waals surface area contributed by atoms with Gasteiger partial charge in [0, 0.05) is 11.8 Å². The fraction of sp³-hybridized carbons (Fsp3) is 0. The predicted molar refractivity (Wildman–Crippen MR) is 65.7 cm³/mol. The van der Waals surface area contributed by atoms with Crippen molar-refractivity contribution in [3.05, 3.63) is 65.7 Å². The van der Waals surface area contributed by atoms with Crippen LogP contribution < -0.4 is 5.43 Å². The number of halogens is 1. The molecule has 0 spiro atoms. The summed E-state index contributed by atoms with van der Waals surface area (Å²) in [4.78, 5) is 15.6. The first kappa shape index (κ1) is 11.9. The minimum absolute atomic E-state index is 0.342. The third kappa shape index (κ3) is 3.21. The highest BCUT2D eigenvalue weighted by molar-refractivity contribution is 5.94. The number of hydrogen-bond acceptors (Lipinski definition) is 3. The lowest BCUT2D eigenvalue weighted by Crippen LogP contribution is -2.17. The molecule has 2 rings (SSSR count). The number of hydrogen-bond donors (Lipinski definition) is 1. The van der Waals surface area contributed by atoms with Gasteiger partial charge in [-0.15, -0.1) is 0 Å². The molecule has 2 aromatic rings. The summed E-state index contributed by atoms with van der Waals surface area (Å²) in [7, 11) is 0. The van der Waals surface area contributed by atoms with Crippen LogP contribution in [0.25, 0.3) is 0 Å². The van der Waals surface area contributed by atoms with Crippen LogP contribution in [0, 0.1) is 5.82 Å². The molecule has 4 nitrogen and oxygen atoms in total. The van der Waals surface area contributed by atoms with E-state index in [0.29, 0.717) is 11.3 Å². The van der Waals surface area contributed by atoms with Crippen molar-refractivity contribution in [3.8, 4) is 0 Å². The Kier molecular flexibility index (Phi) is 3.76. The lowest BCUT2D eigenvalue weighted by Gasteiger charge is -1.99. The molecule has 0 saturated heterocycles.